The van der Waals surface area contributed by atoms with E-state index in [2.05, 4.69) is 23.8 Å². The van der Waals surface area contributed by atoms with E-state index >= 15 is 0 Å². The Bertz CT molecular complexity index is 426. The number of rotatable bonds is 4. The molecule has 5 nitrogen and oxygen atoms in total. The minimum absolute atomic E-state index is 0.288. The van der Waals surface area contributed by atoms with Gasteiger partial charge in [0, 0.05) is 24.5 Å². The Morgan fingerprint density at radius 1 is 1.39 bits per heavy atom. The number of nitrogens with zero attached hydrogens (tertiary/aromatic N) is 3. The number of anilines is 1. The fraction of sp³-hybridized carbons (Fsp3) is 0.615. The van der Waals surface area contributed by atoms with Crippen molar-refractivity contribution in [2.75, 3.05) is 18.0 Å². The maximum atomic E-state index is 11.0. The Labute approximate surface area is 107 Å². The van der Waals surface area contributed by atoms with Crippen LogP contribution < -0.4 is 4.90 Å². The van der Waals surface area contributed by atoms with Crippen LogP contribution in [0.3, 0.4) is 0 Å². The van der Waals surface area contributed by atoms with Crippen LogP contribution in [-0.4, -0.2) is 34.1 Å². The van der Waals surface area contributed by atoms with Crippen molar-refractivity contribution in [1.82, 2.24) is 9.97 Å². The zero-order valence-corrected chi connectivity index (χ0v) is 10.9. The highest BCUT2D eigenvalue weighted by atomic mass is 16.4. The number of hydrogen-bond acceptors (Lipinski definition) is 4. The molecular weight excluding hydrogens is 230 g/mol. The standard InChI is InChI=1S/C13H19N3O2/c1-3-10-7-11(4-2)15-13(14-10)16-6-5-9(8-16)12(17)18/h7,9H,3-6,8H2,1-2H3,(H,17,18). The summed E-state index contributed by atoms with van der Waals surface area (Å²) in [7, 11) is 0. The van der Waals surface area contributed by atoms with Crippen molar-refractivity contribution in [3.05, 3.63) is 17.5 Å². The van der Waals surface area contributed by atoms with Gasteiger partial charge >= 0.3 is 5.97 Å². The molecule has 1 aliphatic heterocycles. The maximum Gasteiger partial charge on any atom is 0.308 e. The summed E-state index contributed by atoms with van der Waals surface area (Å²) in [4.78, 5) is 21.9. The average molecular weight is 249 g/mol. The second-order valence-electron chi connectivity index (χ2n) is 4.63. The third-order valence-electron chi connectivity index (χ3n) is 3.37. The summed E-state index contributed by atoms with van der Waals surface area (Å²) in [5.41, 5.74) is 2.05. The summed E-state index contributed by atoms with van der Waals surface area (Å²) in [6, 6.07) is 2.02. The molecule has 1 unspecified atom stereocenters. The fourth-order valence-electron chi connectivity index (χ4n) is 2.19. The highest BCUT2D eigenvalue weighted by molar-refractivity contribution is 5.71. The smallest absolute Gasteiger partial charge is 0.308 e. The monoisotopic (exact) mass is 249 g/mol. The van der Waals surface area contributed by atoms with Crippen molar-refractivity contribution >= 4 is 11.9 Å². The molecule has 0 aliphatic carbocycles. The van der Waals surface area contributed by atoms with Crippen LogP contribution in [0.25, 0.3) is 0 Å². The zero-order chi connectivity index (χ0) is 13.1. The number of carboxylic acid groups (broad SMARTS) is 1. The summed E-state index contributed by atoms with van der Waals surface area (Å²) in [6.45, 7) is 5.38. The largest absolute Gasteiger partial charge is 0.481 e. The predicted octanol–water partition coefficient (Wildman–Crippen LogP) is 1.51. The first kappa shape index (κ1) is 12.8. The van der Waals surface area contributed by atoms with Crippen LogP contribution in [0.5, 0.6) is 0 Å². The van der Waals surface area contributed by atoms with Gasteiger partial charge in [0.1, 0.15) is 0 Å². The summed E-state index contributed by atoms with van der Waals surface area (Å²) in [5.74, 6) is -0.321. The van der Waals surface area contributed by atoms with Crippen molar-refractivity contribution in [3.63, 3.8) is 0 Å². The Balaban J connectivity index is 2.20. The molecule has 0 radical (unpaired) electrons. The van der Waals surface area contributed by atoms with Crippen molar-refractivity contribution in [3.8, 4) is 0 Å². The highest BCUT2D eigenvalue weighted by Gasteiger charge is 2.29. The predicted molar refractivity (Wildman–Crippen MR) is 68.7 cm³/mol. The number of aromatic nitrogens is 2. The Hall–Kier alpha value is -1.65. The van der Waals surface area contributed by atoms with Crippen LogP contribution in [0.4, 0.5) is 5.95 Å². The van der Waals surface area contributed by atoms with Crippen LogP contribution in [0.15, 0.2) is 6.07 Å². The molecule has 5 heteroatoms. The lowest BCUT2D eigenvalue weighted by molar-refractivity contribution is -0.140. The van der Waals surface area contributed by atoms with E-state index in [1.807, 2.05) is 11.0 Å². The van der Waals surface area contributed by atoms with Gasteiger partial charge < -0.3 is 10.0 Å². The van der Waals surface area contributed by atoms with Crippen LogP contribution >= 0.6 is 0 Å². The summed E-state index contributed by atoms with van der Waals surface area (Å²) >= 11 is 0. The summed E-state index contributed by atoms with van der Waals surface area (Å²) in [6.07, 6.45) is 2.42. The van der Waals surface area contributed by atoms with Gasteiger partial charge in [-0.3, -0.25) is 4.79 Å². The van der Waals surface area contributed by atoms with E-state index in [9.17, 15) is 4.79 Å². The van der Waals surface area contributed by atoms with Gasteiger partial charge in [-0.2, -0.15) is 0 Å². The molecular formula is C13H19N3O2. The number of aliphatic carboxylic acids is 1. The first-order valence-electron chi connectivity index (χ1n) is 6.48. The molecule has 0 aromatic carbocycles. The molecule has 1 N–H and O–H groups in total. The van der Waals surface area contributed by atoms with Gasteiger partial charge in [0.05, 0.1) is 5.92 Å². The van der Waals surface area contributed by atoms with Crippen molar-refractivity contribution in [2.24, 2.45) is 5.92 Å². The molecule has 1 atom stereocenters. The Morgan fingerprint density at radius 3 is 2.44 bits per heavy atom. The van der Waals surface area contributed by atoms with Gasteiger partial charge in [-0.25, -0.2) is 9.97 Å². The Kier molecular flexibility index (Phi) is 3.79. The third-order valence-corrected chi connectivity index (χ3v) is 3.37. The van der Waals surface area contributed by atoms with E-state index in [1.54, 1.807) is 0 Å². The SMILES string of the molecule is CCc1cc(CC)nc(N2CCC(C(=O)O)C2)n1. The topological polar surface area (TPSA) is 66.3 Å². The van der Waals surface area contributed by atoms with Gasteiger partial charge in [0.25, 0.3) is 0 Å². The van der Waals surface area contributed by atoms with E-state index < -0.39 is 5.97 Å². The van der Waals surface area contributed by atoms with Crippen LogP contribution in [0.2, 0.25) is 0 Å². The second-order valence-corrected chi connectivity index (χ2v) is 4.63. The van der Waals surface area contributed by atoms with E-state index in [0.29, 0.717) is 18.9 Å². The van der Waals surface area contributed by atoms with Crippen LogP contribution in [-0.2, 0) is 17.6 Å². The van der Waals surface area contributed by atoms with Crippen LogP contribution in [0, 0.1) is 5.92 Å². The molecule has 1 saturated heterocycles. The number of carbonyl (C=O) groups is 1. The molecule has 18 heavy (non-hydrogen) atoms. The van der Waals surface area contributed by atoms with Gasteiger partial charge in [-0.15, -0.1) is 0 Å². The maximum absolute atomic E-state index is 11.0. The van der Waals surface area contributed by atoms with Gasteiger partial charge in [0.2, 0.25) is 5.95 Å². The Morgan fingerprint density at radius 2 is 2.00 bits per heavy atom. The molecule has 98 valence electrons. The molecule has 1 aliphatic rings. The molecule has 1 fully saturated rings. The van der Waals surface area contributed by atoms with Gasteiger partial charge in [0.15, 0.2) is 0 Å². The summed E-state index contributed by atoms with van der Waals surface area (Å²) in [5, 5.41) is 9.01. The summed E-state index contributed by atoms with van der Waals surface area (Å²) < 4.78 is 0. The van der Waals surface area contributed by atoms with E-state index in [1.165, 1.54) is 0 Å². The average Bonchev–Trinajstić information content (AvgIpc) is 2.87. The zero-order valence-electron chi connectivity index (χ0n) is 10.9. The molecule has 0 amide bonds. The van der Waals surface area contributed by atoms with Crippen molar-refractivity contribution in [1.29, 1.82) is 0 Å². The van der Waals surface area contributed by atoms with Crippen molar-refractivity contribution in [2.45, 2.75) is 33.1 Å². The van der Waals surface area contributed by atoms with E-state index in [4.69, 9.17) is 5.11 Å². The lowest BCUT2D eigenvalue weighted by Gasteiger charge is -2.17. The number of hydrogen-bond donors (Lipinski definition) is 1. The lowest BCUT2D eigenvalue weighted by atomic mass is 10.1. The molecule has 2 heterocycles. The second kappa shape index (κ2) is 5.33. The molecule has 0 spiro atoms. The molecule has 0 bridgehead atoms. The minimum atomic E-state index is -0.722. The fourth-order valence-corrected chi connectivity index (χ4v) is 2.19. The van der Waals surface area contributed by atoms with E-state index in [-0.39, 0.29) is 5.92 Å². The number of carboxylic acids is 1. The molecule has 2 rings (SSSR count). The molecule has 1 aromatic heterocycles. The highest BCUT2D eigenvalue weighted by Crippen LogP contribution is 2.21. The quantitative estimate of drug-likeness (QED) is 0.876. The van der Waals surface area contributed by atoms with Gasteiger partial charge in [-0.1, -0.05) is 13.8 Å². The van der Waals surface area contributed by atoms with Crippen LogP contribution in [0.1, 0.15) is 31.7 Å². The normalized spacial score (nSPS) is 19.2. The van der Waals surface area contributed by atoms with Gasteiger partial charge in [-0.05, 0) is 25.3 Å². The minimum Gasteiger partial charge on any atom is -0.481 e. The van der Waals surface area contributed by atoms with Crippen molar-refractivity contribution < 1.29 is 9.90 Å². The number of aryl methyl sites for hydroxylation is 2. The first-order chi connectivity index (χ1) is 8.63. The molecule has 0 saturated carbocycles. The third kappa shape index (κ3) is 2.60. The molecule has 1 aromatic rings. The lowest BCUT2D eigenvalue weighted by Crippen LogP contribution is -2.25. The van der Waals surface area contributed by atoms with E-state index in [0.717, 1.165) is 30.8 Å². The first-order valence-corrected chi connectivity index (χ1v) is 6.48.